The molecular formula is C72H143NO5. The fourth-order valence-electron chi connectivity index (χ4n) is 11.9. The van der Waals surface area contributed by atoms with E-state index in [-0.39, 0.29) is 18.5 Å². The van der Waals surface area contributed by atoms with Crippen LogP contribution in [0.25, 0.3) is 0 Å². The second-order valence-corrected chi connectivity index (χ2v) is 25.3. The molecule has 2 atom stereocenters. The summed E-state index contributed by atoms with van der Waals surface area (Å²) in [6.45, 7) is 4.99. The quantitative estimate of drug-likeness (QED) is 0.0417. The minimum Gasteiger partial charge on any atom is -0.466 e. The van der Waals surface area contributed by atoms with E-state index in [0.717, 1.165) is 38.5 Å². The van der Waals surface area contributed by atoms with E-state index >= 15 is 0 Å². The van der Waals surface area contributed by atoms with Crippen molar-refractivity contribution in [2.75, 3.05) is 13.2 Å². The Morgan fingerprint density at radius 3 is 0.782 bits per heavy atom. The van der Waals surface area contributed by atoms with Gasteiger partial charge in [0.25, 0.3) is 0 Å². The van der Waals surface area contributed by atoms with Crippen molar-refractivity contribution < 1.29 is 24.5 Å². The van der Waals surface area contributed by atoms with Crippen LogP contribution in [0.5, 0.6) is 0 Å². The molecule has 0 radical (unpaired) electrons. The zero-order valence-corrected chi connectivity index (χ0v) is 53.4. The lowest BCUT2D eigenvalue weighted by Gasteiger charge is -2.22. The number of unbranched alkanes of at least 4 members (excludes halogenated alkanes) is 58. The first-order valence-corrected chi connectivity index (χ1v) is 36.3. The van der Waals surface area contributed by atoms with Crippen molar-refractivity contribution in [1.82, 2.24) is 5.32 Å². The summed E-state index contributed by atoms with van der Waals surface area (Å²) in [5.41, 5.74) is 0. The summed E-state index contributed by atoms with van der Waals surface area (Å²) < 4.78 is 5.52. The molecular weight excluding hydrogens is 959 g/mol. The number of hydrogen-bond acceptors (Lipinski definition) is 5. The van der Waals surface area contributed by atoms with Crippen molar-refractivity contribution in [2.45, 2.75) is 437 Å². The van der Waals surface area contributed by atoms with Gasteiger partial charge in [0.15, 0.2) is 0 Å². The van der Waals surface area contributed by atoms with Crippen molar-refractivity contribution in [3.63, 3.8) is 0 Å². The maximum absolute atomic E-state index is 12.5. The van der Waals surface area contributed by atoms with Gasteiger partial charge in [0.2, 0.25) is 5.91 Å². The van der Waals surface area contributed by atoms with E-state index in [4.69, 9.17) is 4.74 Å². The van der Waals surface area contributed by atoms with Crippen LogP contribution in [0.1, 0.15) is 425 Å². The summed E-state index contributed by atoms with van der Waals surface area (Å²) in [6, 6.07) is -0.535. The molecule has 0 rings (SSSR count). The lowest BCUT2D eigenvalue weighted by molar-refractivity contribution is -0.143. The van der Waals surface area contributed by atoms with E-state index in [0.29, 0.717) is 25.9 Å². The van der Waals surface area contributed by atoms with Gasteiger partial charge in [-0.05, 0) is 25.7 Å². The number of hydrogen-bond donors (Lipinski definition) is 3. The topological polar surface area (TPSA) is 95.9 Å². The number of ether oxygens (including phenoxy) is 1. The third-order valence-electron chi connectivity index (χ3n) is 17.4. The average molecular weight is 1100 g/mol. The van der Waals surface area contributed by atoms with Crippen LogP contribution >= 0.6 is 0 Å². The molecule has 0 aromatic rings. The number of carbonyl (C=O) groups is 2. The highest BCUT2D eigenvalue weighted by molar-refractivity contribution is 5.76. The number of esters is 1. The summed E-state index contributed by atoms with van der Waals surface area (Å²) in [5, 5.41) is 23.2. The smallest absolute Gasteiger partial charge is 0.305 e. The molecule has 0 aromatic heterocycles. The number of amides is 1. The van der Waals surface area contributed by atoms with Gasteiger partial charge in [-0.15, -0.1) is 0 Å². The highest BCUT2D eigenvalue weighted by Crippen LogP contribution is 2.20. The Morgan fingerprint density at radius 1 is 0.308 bits per heavy atom. The Bertz CT molecular complexity index is 1130. The first-order valence-electron chi connectivity index (χ1n) is 36.3. The molecule has 0 aliphatic heterocycles. The van der Waals surface area contributed by atoms with Crippen LogP contribution in [0.15, 0.2) is 0 Å². The predicted molar refractivity (Wildman–Crippen MR) is 343 cm³/mol. The second kappa shape index (κ2) is 68.4. The van der Waals surface area contributed by atoms with Crippen LogP contribution in [0.4, 0.5) is 0 Å². The number of aliphatic hydroxyl groups excluding tert-OH is 2. The van der Waals surface area contributed by atoms with Crippen LogP contribution < -0.4 is 5.32 Å². The highest BCUT2D eigenvalue weighted by atomic mass is 16.5. The van der Waals surface area contributed by atoms with Crippen molar-refractivity contribution in [3.05, 3.63) is 0 Å². The van der Waals surface area contributed by atoms with E-state index < -0.39 is 12.1 Å². The lowest BCUT2D eigenvalue weighted by Crippen LogP contribution is -2.45. The van der Waals surface area contributed by atoms with E-state index in [1.165, 1.54) is 353 Å². The fraction of sp³-hybridized carbons (Fsp3) is 0.972. The molecule has 0 aliphatic carbocycles. The molecule has 6 heteroatoms. The number of carbonyl (C=O) groups excluding carboxylic acids is 2. The van der Waals surface area contributed by atoms with Crippen molar-refractivity contribution in [2.24, 2.45) is 0 Å². The van der Waals surface area contributed by atoms with Gasteiger partial charge in [0, 0.05) is 12.8 Å². The van der Waals surface area contributed by atoms with Crippen LogP contribution in [0.3, 0.4) is 0 Å². The first kappa shape index (κ1) is 76.9. The Balaban J connectivity index is 3.27. The van der Waals surface area contributed by atoms with Crippen molar-refractivity contribution >= 4 is 11.9 Å². The van der Waals surface area contributed by atoms with Gasteiger partial charge in [0.1, 0.15) is 0 Å². The van der Waals surface area contributed by atoms with Crippen LogP contribution in [-0.4, -0.2) is 47.4 Å². The van der Waals surface area contributed by atoms with Gasteiger partial charge in [-0.2, -0.15) is 0 Å². The SMILES string of the molecule is CCCCCCCCCCCCCCCCCCCCC(=O)OCCCCCCCCCCCCCCCCCCCCCCCCCCCCCCCCCCC(=O)NC(CO)C(O)CCCCCCCCCCCCC. The largest absolute Gasteiger partial charge is 0.466 e. The summed E-state index contributed by atoms with van der Waals surface area (Å²) >= 11 is 0. The third-order valence-corrected chi connectivity index (χ3v) is 17.4. The Hall–Kier alpha value is -1.14. The van der Waals surface area contributed by atoms with Gasteiger partial charge in [-0.1, -0.05) is 386 Å². The van der Waals surface area contributed by atoms with Crippen LogP contribution in [0, 0.1) is 0 Å². The average Bonchev–Trinajstić information content (AvgIpc) is 3.44. The van der Waals surface area contributed by atoms with E-state index in [2.05, 4.69) is 19.2 Å². The van der Waals surface area contributed by atoms with E-state index in [9.17, 15) is 19.8 Å². The molecule has 0 fully saturated rings. The molecule has 0 aliphatic rings. The van der Waals surface area contributed by atoms with Crippen molar-refractivity contribution in [3.8, 4) is 0 Å². The zero-order valence-electron chi connectivity index (χ0n) is 53.4. The van der Waals surface area contributed by atoms with Crippen LogP contribution in [-0.2, 0) is 14.3 Å². The molecule has 0 bridgehead atoms. The first-order chi connectivity index (χ1) is 38.5. The Morgan fingerprint density at radius 2 is 0.526 bits per heavy atom. The maximum atomic E-state index is 12.5. The summed E-state index contributed by atoms with van der Waals surface area (Å²) in [7, 11) is 0. The summed E-state index contributed by atoms with van der Waals surface area (Å²) in [6.07, 6.45) is 83.2. The molecule has 0 heterocycles. The molecule has 0 saturated heterocycles. The van der Waals surface area contributed by atoms with E-state index in [1.54, 1.807) is 0 Å². The molecule has 1 amide bonds. The van der Waals surface area contributed by atoms with Crippen molar-refractivity contribution in [1.29, 1.82) is 0 Å². The third kappa shape index (κ3) is 64.0. The molecule has 466 valence electrons. The monoisotopic (exact) mass is 1100 g/mol. The summed E-state index contributed by atoms with van der Waals surface area (Å²) in [4.78, 5) is 24.6. The van der Waals surface area contributed by atoms with Gasteiger partial charge in [0.05, 0.1) is 25.4 Å². The molecule has 0 spiro atoms. The minimum absolute atomic E-state index is 0.0268. The second-order valence-electron chi connectivity index (χ2n) is 25.3. The molecule has 0 aromatic carbocycles. The Labute approximate surface area is 489 Å². The Kier molecular flexibility index (Phi) is 67.4. The summed E-state index contributed by atoms with van der Waals surface area (Å²) in [5.74, 6) is -0.00188. The normalized spacial score (nSPS) is 12.4. The number of nitrogens with one attached hydrogen (secondary N) is 1. The van der Waals surface area contributed by atoms with E-state index in [1.807, 2.05) is 0 Å². The van der Waals surface area contributed by atoms with Gasteiger partial charge < -0.3 is 20.3 Å². The molecule has 0 saturated carbocycles. The minimum atomic E-state index is -0.658. The maximum Gasteiger partial charge on any atom is 0.305 e. The van der Waals surface area contributed by atoms with Gasteiger partial charge >= 0.3 is 5.97 Å². The zero-order chi connectivity index (χ0) is 56.4. The molecule has 6 nitrogen and oxygen atoms in total. The van der Waals surface area contributed by atoms with Gasteiger partial charge in [-0.3, -0.25) is 9.59 Å². The molecule has 3 N–H and O–H groups in total. The standard InChI is InChI=1S/C72H143NO5/c1-3-5-7-9-11-13-15-16-17-18-36-39-42-46-50-54-58-62-66-72(77)78-67-63-59-55-51-47-43-40-37-34-32-30-28-26-24-22-20-19-21-23-25-27-29-31-33-35-38-41-45-49-53-57-61-65-71(76)73-69(68-74)70(75)64-60-56-52-48-44-14-12-10-8-6-4-2/h69-70,74-75H,3-68H2,1-2H3,(H,73,76). The van der Waals surface area contributed by atoms with Crippen LogP contribution in [0.2, 0.25) is 0 Å². The fourth-order valence-corrected chi connectivity index (χ4v) is 11.9. The predicted octanol–water partition coefficient (Wildman–Crippen LogP) is 23.4. The highest BCUT2D eigenvalue weighted by Gasteiger charge is 2.20. The molecule has 2 unspecified atom stereocenters. The lowest BCUT2D eigenvalue weighted by atomic mass is 10.0. The number of rotatable bonds is 69. The number of aliphatic hydroxyl groups is 2. The molecule has 78 heavy (non-hydrogen) atoms. The van der Waals surface area contributed by atoms with Gasteiger partial charge in [-0.25, -0.2) is 0 Å².